The molecule has 60 valence electrons. The van der Waals surface area contributed by atoms with Gasteiger partial charge >= 0.3 is 0 Å². The lowest BCUT2D eigenvalue weighted by Crippen LogP contribution is -2.15. The molecule has 0 radical (unpaired) electrons. The van der Waals surface area contributed by atoms with E-state index in [9.17, 15) is 0 Å². The van der Waals surface area contributed by atoms with Crippen LogP contribution in [0.4, 0.5) is 0 Å². The van der Waals surface area contributed by atoms with Gasteiger partial charge in [-0.1, -0.05) is 19.1 Å². The molecular formula is C10H15N. The van der Waals surface area contributed by atoms with Crippen LogP contribution >= 0.6 is 0 Å². The first kappa shape index (κ1) is 6.96. The van der Waals surface area contributed by atoms with Crippen molar-refractivity contribution in [1.29, 1.82) is 0 Å². The Balaban J connectivity index is 2.33. The van der Waals surface area contributed by atoms with Crippen LogP contribution in [0.5, 0.6) is 0 Å². The number of hydrogen-bond donors (Lipinski definition) is 0. The third-order valence-electron chi connectivity index (χ3n) is 2.72. The second-order valence-electron chi connectivity index (χ2n) is 3.62. The Morgan fingerprint density at radius 3 is 3.09 bits per heavy atom. The van der Waals surface area contributed by atoms with Gasteiger partial charge in [-0.3, -0.25) is 0 Å². The minimum Gasteiger partial charge on any atom is -0.377 e. The van der Waals surface area contributed by atoms with E-state index in [-0.39, 0.29) is 0 Å². The van der Waals surface area contributed by atoms with E-state index < -0.39 is 0 Å². The Hall–Kier alpha value is -0.720. The van der Waals surface area contributed by atoms with Crippen molar-refractivity contribution in [2.24, 2.45) is 5.92 Å². The van der Waals surface area contributed by atoms with Crippen LogP contribution in [0.15, 0.2) is 23.4 Å². The van der Waals surface area contributed by atoms with E-state index in [0.29, 0.717) is 0 Å². The van der Waals surface area contributed by atoms with Crippen molar-refractivity contribution >= 4 is 0 Å². The van der Waals surface area contributed by atoms with E-state index in [1.54, 1.807) is 11.3 Å². The smallest absolute Gasteiger partial charge is 0.0238 e. The maximum absolute atomic E-state index is 2.41. The zero-order valence-corrected chi connectivity index (χ0v) is 7.30. The molecule has 0 aromatic heterocycles. The number of hydrogen-bond acceptors (Lipinski definition) is 1. The molecule has 0 N–H and O–H groups in total. The van der Waals surface area contributed by atoms with Crippen molar-refractivity contribution in [3.8, 4) is 0 Å². The highest BCUT2D eigenvalue weighted by Gasteiger charge is 2.24. The lowest BCUT2D eigenvalue weighted by atomic mass is 9.97. The Bertz CT molecular complexity index is 225. The molecule has 1 aliphatic carbocycles. The van der Waals surface area contributed by atoms with Gasteiger partial charge in [0.1, 0.15) is 0 Å². The minimum atomic E-state index is 0.756. The van der Waals surface area contributed by atoms with E-state index in [0.717, 1.165) is 5.92 Å². The highest BCUT2D eigenvalue weighted by Crippen LogP contribution is 2.33. The predicted octanol–water partition coefficient (Wildman–Crippen LogP) is 2.17. The van der Waals surface area contributed by atoms with E-state index in [2.05, 4.69) is 31.0 Å². The fourth-order valence-electron chi connectivity index (χ4n) is 2.15. The van der Waals surface area contributed by atoms with Crippen molar-refractivity contribution in [2.45, 2.75) is 19.8 Å². The predicted molar refractivity (Wildman–Crippen MR) is 47.2 cm³/mol. The summed E-state index contributed by atoms with van der Waals surface area (Å²) < 4.78 is 0. The SMILES string of the molecule is CC1CN(C)C2=C1C=CCC2. The molecule has 1 heteroatoms. The summed E-state index contributed by atoms with van der Waals surface area (Å²) in [5, 5.41) is 0. The van der Waals surface area contributed by atoms with Gasteiger partial charge in [0.25, 0.3) is 0 Å². The van der Waals surface area contributed by atoms with Crippen molar-refractivity contribution in [3.05, 3.63) is 23.4 Å². The molecule has 2 rings (SSSR count). The van der Waals surface area contributed by atoms with Gasteiger partial charge in [0, 0.05) is 25.2 Å². The monoisotopic (exact) mass is 149 g/mol. The molecule has 11 heavy (non-hydrogen) atoms. The van der Waals surface area contributed by atoms with Crippen LogP contribution < -0.4 is 0 Å². The molecule has 1 unspecified atom stereocenters. The molecule has 1 heterocycles. The third-order valence-corrected chi connectivity index (χ3v) is 2.72. The molecule has 1 aliphatic heterocycles. The van der Waals surface area contributed by atoms with E-state index in [4.69, 9.17) is 0 Å². The van der Waals surface area contributed by atoms with Gasteiger partial charge in [0.15, 0.2) is 0 Å². The molecule has 0 aromatic rings. The standard InChI is InChI=1S/C10H15N/c1-8-7-11(2)10-6-4-3-5-9(8)10/h3,5,8H,4,6-7H2,1-2H3. The maximum atomic E-state index is 2.41. The summed E-state index contributed by atoms with van der Waals surface area (Å²) >= 11 is 0. The lowest BCUT2D eigenvalue weighted by Gasteiger charge is -2.17. The summed E-state index contributed by atoms with van der Waals surface area (Å²) in [6.45, 7) is 3.53. The molecule has 1 atom stereocenters. The van der Waals surface area contributed by atoms with Gasteiger partial charge in [0.05, 0.1) is 0 Å². The van der Waals surface area contributed by atoms with Gasteiger partial charge in [-0.05, 0) is 18.4 Å². The average Bonchev–Trinajstić information content (AvgIpc) is 2.30. The van der Waals surface area contributed by atoms with Crippen LogP contribution in [0.3, 0.4) is 0 Å². The molecule has 0 spiro atoms. The molecule has 0 amide bonds. The third kappa shape index (κ3) is 0.991. The van der Waals surface area contributed by atoms with Crippen LogP contribution in [-0.2, 0) is 0 Å². The summed E-state index contributed by atoms with van der Waals surface area (Å²) in [5.41, 5.74) is 3.17. The van der Waals surface area contributed by atoms with Gasteiger partial charge in [0.2, 0.25) is 0 Å². The molecule has 0 fully saturated rings. The molecule has 2 aliphatic rings. The Morgan fingerprint density at radius 1 is 1.55 bits per heavy atom. The zero-order chi connectivity index (χ0) is 7.84. The number of nitrogens with zero attached hydrogens (tertiary/aromatic N) is 1. The maximum Gasteiger partial charge on any atom is 0.0238 e. The number of allylic oxidation sites excluding steroid dienone is 3. The normalized spacial score (nSPS) is 29.6. The van der Waals surface area contributed by atoms with Gasteiger partial charge < -0.3 is 4.90 Å². The Labute approximate surface area is 68.4 Å². The van der Waals surface area contributed by atoms with Gasteiger partial charge in [-0.2, -0.15) is 0 Å². The van der Waals surface area contributed by atoms with Crippen LogP contribution in [0.25, 0.3) is 0 Å². The summed E-state index contributed by atoms with van der Waals surface area (Å²) in [5.74, 6) is 0.756. The molecule has 0 saturated carbocycles. The molecule has 0 aromatic carbocycles. The van der Waals surface area contributed by atoms with Crippen LogP contribution in [0.2, 0.25) is 0 Å². The summed E-state index contributed by atoms with van der Waals surface area (Å²) in [6, 6.07) is 0. The van der Waals surface area contributed by atoms with E-state index in [1.165, 1.54) is 19.4 Å². The van der Waals surface area contributed by atoms with E-state index in [1.807, 2.05) is 0 Å². The summed E-state index contributed by atoms with van der Waals surface area (Å²) in [7, 11) is 2.21. The van der Waals surface area contributed by atoms with Crippen LogP contribution in [0.1, 0.15) is 19.8 Å². The summed E-state index contributed by atoms with van der Waals surface area (Å²) in [4.78, 5) is 2.41. The zero-order valence-electron chi connectivity index (χ0n) is 7.30. The van der Waals surface area contributed by atoms with Crippen molar-refractivity contribution < 1.29 is 0 Å². The lowest BCUT2D eigenvalue weighted by molar-refractivity contribution is 0.411. The van der Waals surface area contributed by atoms with Crippen LogP contribution in [-0.4, -0.2) is 18.5 Å². The Kier molecular flexibility index (Phi) is 1.52. The largest absolute Gasteiger partial charge is 0.377 e. The van der Waals surface area contributed by atoms with Crippen molar-refractivity contribution in [2.75, 3.05) is 13.6 Å². The second-order valence-corrected chi connectivity index (χ2v) is 3.62. The fraction of sp³-hybridized carbons (Fsp3) is 0.600. The molecular weight excluding hydrogens is 134 g/mol. The quantitative estimate of drug-likeness (QED) is 0.510. The minimum absolute atomic E-state index is 0.756. The van der Waals surface area contributed by atoms with Crippen LogP contribution in [0, 0.1) is 5.92 Å². The van der Waals surface area contributed by atoms with Gasteiger partial charge in [-0.15, -0.1) is 0 Å². The first-order valence-corrected chi connectivity index (χ1v) is 4.40. The topological polar surface area (TPSA) is 3.24 Å². The van der Waals surface area contributed by atoms with Gasteiger partial charge in [-0.25, -0.2) is 0 Å². The summed E-state index contributed by atoms with van der Waals surface area (Å²) in [6.07, 6.45) is 7.10. The second kappa shape index (κ2) is 2.40. The fourth-order valence-corrected chi connectivity index (χ4v) is 2.15. The van der Waals surface area contributed by atoms with E-state index >= 15 is 0 Å². The first-order chi connectivity index (χ1) is 5.29. The Morgan fingerprint density at radius 2 is 2.36 bits per heavy atom. The molecule has 1 nitrogen and oxygen atoms in total. The highest BCUT2D eigenvalue weighted by molar-refractivity contribution is 5.34. The highest BCUT2D eigenvalue weighted by atomic mass is 15.1. The molecule has 0 bridgehead atoms. The number of rotatable bonds is 0. The van der Waals surface area contributed by atoms with Crippen molar-refractivity contribution in [3.63, 3.8) is 0 Å². The van der Waals surface area contributed by atoms with Crippen molar-refractivity contribution in [1.82, 2.24) is 4.90 Å². The molecule has 0 saturated heterocycles. The first-order valence-electron chi connectivity index (χ1n) is 4.40. The average molecular weight is 149 g/mol.